The fourth-order valence-corrected chi connectivity index (χ4v) is 3.02. The van der Waals surface area contributed by atoms with Gasteiger partial charge in [0.1, 0.15) is 6.04 Å². The third-order valence-corrected chi connectivity index (χ3v) is 4.68. The fraction of sp³-hybridized carbons (Fsp3) is 0.632. The lowest BCUT2D eigenvalue weighted by molar-refractivity contribution is -0.151. The van der Waals surface area contributed by atoms with Crippen molar-refractivity contribution in [3.8, 4) is 0 Å². The molecule has 1 heterocycles. The van der Waals surface area contributed by atoms with Gasteiger partial charge in [0.05, 0.1) is 6.26 Å². The first-order valence-corrected chi connectivity index (χ1v) is 9.17. The van der Waals surface area contributed by atoms with Crippen molar-refractivity contribution in [1.29, 1.82) is 0 Å². The number of ether oxygens (including phenoxy) is 1. The molecule has 0 unspecified atom stereocenters. The van der Waals surface area contributed by atoms with E-state index in [4.69, 9.17) is 9.15 Å². The van der Waals surface area contributed by atoms with Gasteiger partial charge < -0.3 is 19.8 Å². The van der Waals surface area contributed by atoms with Crippen molar-refractivity contribution in [1.82, 2.24) is 10.6 Å². The number of esters is 1. The molecule has 0 aliphatic heterocycles. The van der Waals surface area contributed by atoms with E-state index in [0.717, 1.165) is 25.7 Å². The Morgan fingerprint density at radius 3 is 2.50 bits per heavy atom. The maximum Gasteiger partial charge on any atom is 0.329 e. The van der Waals surface area contributed by atoms with E-state index in [1.54, 1.807) is 19.9 Å². The Labute approximate surface area is 153 Å². The van der Waals surface area contributed by atoms with Gasteiger partial charge in [0.25, 0.3) is 11.8 Å². The standard InChI is InChI=1S/C19H28N2O5/c1-12(2)17(21-18(23)15-5-4-10-25-15)19(24)26-11-16(22)20-14-8-6-13(3)7-9-14/h4-5,10,12-14,17H,6-9,11H2,1-3H3,(H,20,22)(H,21,23)/t13?,14?,17-/m0/s1. The van der Waals surface area contributed by atoms with Gasteiger partial charge in [-0.15, -0.1) is 0 Å². The van der Waals surface area contributed by atoms with Crippen LogP contribution in [0.15, 0.2) is 22.8 Å². The van der Waals surface area contributed by atoms with Crippen molar-refractivity contribution in [3.05, 3.63) is 24.2 Å². The third-order valence-electron chi connectivity index (χ3n) is 4.68. The molecule has 0 saturated heterocycles. The van der Waals surface area contributed by atoms with E-state index in [0.29, 0.717) is 5.92 Å². The van der Waals surface area contributed by atoms with Gasteiger partial charge >= 0.3 is 5.97 Å². The van der Waals surface area contributed by atoms with Gasteiger partial charge in [-0.25, -0.2) is 4.79 Å². The zero-order valence-corrected chi connectivity index (χ0v) is 15.6. The second kappa shape index (κ2) is 9.40. The van der Waals surface area contributed by atoms with Crippen molar-refractivity contribution in [2.24, 2.45) is 11.8 Å². The molecule has 1 aromatic rings. The quantitative estimate of drug-likeness (QED) is 0.723. The van der Waals surface area contributed by atoms with Crippen LogP contribution in [-0.2, 0) is 14.3 Å². The molecule has 1 aliphatic carbocycles. The molecule has 0 aromatic carbocycles. The summed E-state index contributed by atoms with van der Waals surface area (Å²) in [5, 5.41) is 5.50. The van der Waals surface area contributed by atoms with Crippen molar-refractivity contribution in [2.75, 3.05) is 6.61 Å². The van der Waals surface area contributed by atoms with E-state index in [-0.39, 0.29) is 30.2 Å². The first-order valence-electron chi connectivity index (χ1n) is 9.17. The first kappa shape index (κ1) is 20.0. The minimum Gasteiger partial charge on any atom is -0.459 e. The lowest BCUT2D eigenvalue weighted by atomic mass is 9.87. The number of furan rings is 1. The monoisotopic (exact) mass is 364 g/mol. The summed E-state index contributed by atoms with van der Waals surface area (Å²) < 4.78 is 10.1. The SMILES string of the molecule is CC1CCC(NC(=O)COC(=O)[C@@H](NC(=O)c2ccco2)C(C)C)CC1. The Hall–Kier alpha value is -2.31. The van der Waals surface area contributed by atoms with Gasteiger partial charge in [-0.1, -0.05) is 20.8 Å². The topological polar surface area (TPSA) is 97.6 Å². The van der Waals surface area contributed by atoms with Crippen LogP contribution in [0.5, 0.6) is 0 Å². The molecule has 1 aliphatic rings. The number of nitrogens with one attached hydrogen (secondary N) is 2. The second-order valence-electron chi connectivity index (χ2n) is 7.30. The van der Waals surface area contributed by atoms with Crippen molar-refractivity contribution < 1.29 is 23.5 Å². The molecule has 2 amide bonds. The zero-order valence-electron chi connectivity index (χ0n) is 15.6. The number of hydrogen-bond donors (Lipinski definition) is 2. The van der Waals surface area contributed by atoms with Crippen LogP contribution in [-0.4, -0.2) is 36.5 Å². The Morgan fingerprint density at radius 1 is 1.23 bits per heavy atom. The summed E-state index contributed by atoms with van der Waals surface area (Å²) in [7, 11) is 0. The van der Waals surface area contributed by atoms with E-state index in [1.807, 2.05) is 0 Å². The van der Waals surface area contributed by atoms with Gasteiger partial charge in [-0.3, -0.25) is 9.59 Å². The van der Waals surface area contributed by atoms with Gasteiger partial charge in [0, 0.05) is 6.04 Å². The maximum absolute atomic E-state index is 12.3. The molecular formula is C19H28N2O5. The molecule has 144 valence electrons. The molecule has 1 saturated carbocycles. The summed E-state index contributed by atoms with van der Waals surface area (Å²) in [4.78, 5) is 36.4. The summed E-state index contributed by atoms with van der Waals surface area (Å²) in [6.45, 7) is 5.45. The van der Waals surface area contributed by atoms with E-state index >= 15 is 0 Å². The van der Waals surface area contributed by atoms with Crippen LogP contribution in [0.4, 0.5) is 0 Å². The number of amides is 2. The van der Waals surface area contributed by atoms with Crippen molar-refractivity contribution in [3.63, 3.8) is 0 Å². The predicted molar refractivity (Wildman–Crippen MR) is 95.3 cm³/mol. The Bertz CT molecular complexity index is 603. The molecule has 2 rings (SSSR count). The largest absolute Gasteiger partial charge is 0.459 e. The molecule has 7 heteroatoms. The molecule has 0 bridgehead atoms. The van der Waals surface area contributed by atoms with Crippen LogP contribution in [0.1, 0.15) is 57.0 Å². The van der Waals surface area contributed by atoms with Crippen LogP contribution in [0, 0.1) is 11.8 Å². The lowest BCUT2D eigenvalue weighted by Crippen LogP contribution is -2.46. The average molecular weight is 364 g/mol. The van der Waals surface area contributed by atoms with E-state index in [9.17, 15) is 14.4 Å². The molecular weight excluding hydrogens is 336 g/mol. The van der Waals surface area contributed by atoms with Gasteiger partial charge in [0.2, 0.25) is 0 Å². The maximum atomic E-state index is 12.3. The molecule has 26 heavy (non-hydrogen) atoms. The minimum absolute atomic E-state index is 0.118. The van der Waals surface area contributed by atoms with Crippen LogP contribution < -0.4 is 10.6 Å². The first-order chi connectivity index (χ1) is 12.4. The molecule has 7 nitrogen and oxygen atoms in total. The van der Waals surface area contributed by atoms with Crippen LogP contribution >= 0.6 is 0 Å². The predicted octanol–water partition coefficient (Wildman–Crippen LogP) is 2.27. The zero-order chi connectivity index (χ0) is 19.1. The van der Waals surface area contributed by atoms with Crippen molar-refractivity contribution in [2.45, 2.75) is 58.5 Å². The summed E-state index contributed by atoms with van der Waals surface area (Å²) in [5.41, 5.74) is 0. The normalized spacial score (nSPS) is 21.1. The highest BCUT2D eigenvalue weighted by atomic mass is 16.5. The van der Waals surface area contributed by atoms with E-state index in [2.05, 4.69) is 17.6 Å². The number of rotatable bonds is 7. The Morgan fingerprint density at radius 2 is 1.92 bits per heavy atom. The van der Waals surface area contributed by atoms with E-state index < -0.39 is 17.9 Å². The van der Waals surface area contributed by atoms with Crippen LogP contribution in [0.3, 0.4) is 0 Å². The van der Waals surface area contributed by atoms with Crippen LogP contribution in [0.25, 0.3) is 0 Å². The lowest BCUT2D eigenvalue weighted by Gasteiger charge is -2.27. The fourth-order valence-electron chi connectivity index (χ4n) is 3.02. The smallest absolute Gasteiger partial charge is 0.329 e. The molecule has 1 aromatic heterocycles. The van der Waals surface area contributed by atoms with Crippen molar-refractivity contribution >= 4 is 17.8 Å². The minimum atomic E-state index is -0.851. The molecule has 0 spiro atoms. The molecule has 1 atom stereocenters. The highest BCUT2D eigenvalue weighted by molar-refractivity contribution is 5.94. The Balaban J connectivity index is 1.79. The second-order valence-corrected chi connectivity index (χ2v) is 7.30. The molecule has 1 fully saturated rings. The number of carbonyl (C=O) groups excluding carboxylic acids is 3. The third kappa shape index (κ3) is 5.89. The highest BCUT2D eigenvalue weighted by Gasteiger charge is 2.28. The number of carbonyl (C=O) groups is 3. The average Bonchev–Trinajstić information content (AvgIpc) is 3.14. The highest BCUT2D eigenvalue weighted by Crippen LogP contribution is 2.23. The Kier molecular flexibility index (Phi) is 7.24. The van der Waals surface area contributed by atoms with Gasteiger partial charge in [-0.2, -0.15) is 0 Å². The summed E-state index contributed by atoms with van der Waals surface area (Å²) in [5.74, 6) is -0.806. The molecule has 0 radical (unpaired) electrons. The van der Waals surface area contributed by atoms with Gasteiger partial charge in [-0.05, 0) is 49.7 Å². The number of hydrogen-bond acceptors (Lipinski definition) is 5. The van der Waals surface area contributed by atoms with E-state index in [1.165, 1.54) is 12.3 Å². The van der Waals surface area contributed by atoms with Crippen LogP contribution in [0.2, 0.25) is 0 Å². The molecule has 2 N–H and O–H groups in total. The summed E-state index contributed by atoms with van der Waals surface area (Å²) in [6, 6.07) is 2.40. The van der Waals surface area contributed by atoms with Gasteiger partial charge in [0.15, 0.2) is 12.4 Å². The summed E-state index contributed by atoms with van der Waals surface area (Å²) >= 11 is 0. The summed E-state index contributed by atoms with van der Waals surface area (Å²) in [6.07, 6.45) is 5.48.